The van der Waals surface area contributed by atoms with Gasteiger partial charge in [0.2, 0.25) is 11.8 Å². The molecule has 0 bridgehead atoms. The highest BCUT2D eigenvalue weighted by atomic mass is 16.5. The lowest BCUT2D eigenvalue weighted by Crippen LogP contribution is -2.59. The lowest BCUT2D eigenvalue weighted by molar-refractivity contribution is -0.171. The fraction of sp³-hybridized carbons (Fsp3) is 0.920. The van der Waals surface area contributed by atoms with Gasteiger partial charge in [-0.3, -0.25) is 15.0 Å². The van der Waals surface area contributed by atoms with Crippen LogP contribution in [0.15, 0.2) is 0 Å². The highest BCUT2D eigenvalue weighted by Crippen LogP contribution is 2.45. The van der Waals surface area contributed by atoms with Gasteiger partial charge in [-0.05, 0) is 76.5 Å². The molecule has 4 atom stereocenters. The minimum atomic E-state index is -0.342. The van der Waals surface area contributed by atoms with Crippen LogP contribution in [0, 0.1) is 29.1 Å². The maximum Gasteiger partial charge on any atom is 0.233 e. The monoisotopic (exact) mass is 446 g/mol. The molecular formula is C25H42N4O3. The zero-order valence-electron chi connectivity index (χ0n) is 20.2. The molecule has 0 aromatic rings. The summed E-state index contributed by atoms with van der Waals surface area (Å²) in [5.41, 5.74) is 3.28. The lowest BCUT2D eigenvalue weighted by atomic mass is 9.66. The number of nitrogens with zero attached hydrogens (tertiary/aromatic N) is 3. The third-order valence-electron chi connectivity index (χ3n) is 9.47. The van der Waals surface area contributed by atoms with Crippen LogP contribution in [0.2, 0.25) is 0 Å². The van der Waals surface area contributed by atoms with Gasteiger partial charge in [-0.2, -0.15) is 0 Å². The maximum atomic E-state index is 13.2. The average Bonchev–Trinajstić information content (AvgIpc) is 3.09. The molecule has 3 aliphatic heterocycles. The van der Waals surface area contributed by atoms with Gasteiger partial charge < -0.3 is 14.5 Å². The van der Waals surface area contributed by atoms with Crippen LogP contribution < -0.4 is 5.43 Å². The number of carbonyl (C=O) groups excluding carboxylic acids is 2. The van der Waals surface area contributed by atoms with Crippen molar-refractivity contribution in [2.75, 3.05) is 46.4 Å². The predicted molar refractivity (Wildman–Crippen MR) is 123 cm³/mol. The Labute approximate surface area is 193 Å². The van der Waals surface area contributed by atoms with Crippen LogP contribution in [0.3, 0.4) is 0 Å². The van der Waals surface area contributed by atoms with E-state index < -0.39 is 0 Å². The number of piperazine rings is 1. The van der Waals surface area contributed by atoms with Gasteiger partial charge in [0.15, 0.2) is 0 Å². The lowest BCUT2D eigenvalue weighted by Gasteiger charge is -2.44. The van der Waals surface area contributed by atoms with Crippen molar-refractivity contribution < 1.29 is 14.3 Å². The summed E-state index contributed by atoms with van der Waals surface area (Å²) in [5.74, 6) is 3.16. The third kappa shape index (κ3) is 4.09. The van der Waals surface area contributed by atoms with E-state index in [0.717, 1.165) is 30.6 Å². The van der Waals surface area contributed by atoms with E-state index in [1.54, 1.807) is 0 Å². The summed E-state index contributed by atoms with van der Waals surface area (Å²) < 4.78 is 5.25. The second kappa shape index (κ2) is 8.88. The van der Waals surface area contributed by atoms with E-state index in [1.165, 1.54) is 32.1 Å². The van der Waals surface area contributed by atoms with E-state index in [4.69, 9.17) is 4.74 Å². The zero-order chi connectivity index (χ0) is 22.5. The molecule has 5 aliphatic rings. The molecule has 180 valence electrons. The summed E-state index contributed by atoms with van der Waals surface area (Å²) >= 11 is 0. The molecule has 4 unspecified atom stereocenters. The van der Waals surface area contributed by atoms with Gasteiger partial charge in [0.1, 0.15) is 0 Å². The number of fused-ring (bicyclic) bond motifs is 1. The Hall–Kier alpha value is -1.18. The number of rotatable bonds is 3. The second-order valence-electron chi connectivity index (χ2n) is 11.6. The van der Waals surface area contributed by atoms with Crippen molar-refractivity contribution >= 4 is 11.8 Å². The van der Waals surface area contributed by atoms with Gasteiger partial charge in [-0.1, -0.05) is 0 Å². The Bertz CT molecular complexity index is 710. The standard InChI is InChI=1S/C25H42N4O3/c1-17-21-14-20(8-9-22(21)27(3)26-17)18-4-6-19(7-5-18)23(30)28-10-12-29(13-11-28)24(31)25(2)15-32-16-25/h17-22,26H,4-16H2,1-3H3. The Morgan fingerprint density at radius 2 is 1.53 bits per heavy atom. The molecular weight excluding hydrogens is 404 g/mol. The maximum absolute atomic E-state index is 13.2. The Morgan fingerprint density at radius 1 is 0.906 bits per heavy atom. The average molecular weight is 447 g/mol. The molecule has 1 N–H and O–H groups in total. The Balaban J connectivity index is 1.07. The number of hydrogen-bond acceptors (Lipinski definition) is 5. The number of amides is 2. The third-order valence-corrected chi connectivity index (χ3v) is 9.47. The zero-order valence-corrected chi connectivity index (χ0v) is 20.2. The largest absolute Gasteiger partial charge is 0.379 e. The van der Waals surface area contributed by atoms with Gasteiger partial charge >= 0.3 is 0 Å². The van der Waals surface area contributed by atoms with Gasteiger partial charge in [-0.25, -0.2) is 5.01 Å². The van der Waals surface area contributed by atoms with Crippen LogP contribution in [0.4, 0.5) is 0 Å². The SMILES string of the molecule is CC1NN(C)C2CCC(C3CCC(C(=O)N4CCN(C(=O)C5(C)COC5)CC4)CC3)CC12. The van der Waals surface area contributed by atoms with Crippen LogP contribution in [-0.2, 0) is 14.3 Å². The van der Waals surface area contributed by atoms with Crippen molar-refractivity contribution in [3.63, 3.8) is 0 Å². The summed E-state index contributed by atoms with van der Waals surface area (Å²) in [5, 5.41) is 2.36. The molecule has 5 fully saturated rings. The van der Waals surface area contributed by atoms with E-state index in [9.17, 15) is 9.59 Å². The molecule has 2 aliphatic carbocycles. The van der Waals surface area contributed by atoms with Crippen LogP contribution in [0.25, 0.3) is 0 Å². The number of ether oxygens (including phenoxy) is 1. The van der Waals surface area contributed by atoms with Crippen LogP contribution in [0.5, 0.6) is 0 Å². The van der Waals surface area contributed by atoms with Gasteiger partial charge in [0.05, 0.1) is 18.6 Å². The number of nitrogens with one attached hydrogen (secondary N) is 1. The molecule has 7 nitrogen and oxygen atoms in total. The van der Waals surface area contributed by atoms with E-state index in [0.29, 0.717) is 57.4 Å². The van der Waals surface area contributed by atoms with Gasteiger partial charge in [-0.15, -0.1) is 0 Å². The molecule has 3 saturated heterocycles. The summed E-state index contributed by atoms with van der Waals surface area (Å²) in [6, 6.07) is 1.31. The quantitative estimate of drug-likeness (QED) is 0.720. The van der Waals surface area contributed by atoms with Crippen molar-refractivity contribution in [1.29, 1.82) is 0 Å². The molecule has 0 spiro atoms. The summed E-state index contributed by atoms with van der Waals surface area (Å²) in [7, 11) is 2.20. The molecule has 3 heterocycles. The highest BCUT2D eigenvalue weighted by molar-refractivity contribution is 5.84. The second-order valence-corrected chi connectivity index (χ2v) is 11.6. The minimum Gasteiger partial charge on any atom is -0.379 e. The number of hydrazine groups is 1. The van der Waals surface area contributed by atoms with Crippen LogP contribution in [0.1, 0.15) is 58.8 Å². The van der Waals surface area contributed by atoms with E-state index in [1.807, 2.05) is 16.7 Å². The summed E-state index contributed by atoms with van der Waals surface area (Å²) in [6.45, 7) is 8.10. The normalized spacial score (nSPS) is 40.0. The highest BCUT2D eigenvalue weighted by Gasteiger charge is 2.46. The van der Waals surface area contributed by atoms with Gasteiger partial charge in [0.25, 0.3) is 0 Å². The van der Waals surface area contributed by atoms with E-state index in [-0.39, 0.29) is 17.2 Å². The first-order valence-corrected chi connectivity index (χ1v) is 13.0. The van der Waals surface area contributed by atoms with Crippen molar-refractivity contribution in [2.24, 2.45) is 29.1 Å². The Morgan fingerprint density at radius 3 is 2.16 bits per heavy atom. The molecule has 0 aromatic carbocycles. The molecule has 2 saturated carbocycles. The topological polar surface area (TPSA) is 65.1 Å². The molecule has 32 heavy (non-hydrogen) atoms. The molecule has 2 amide bonds. The number of hydrogen-bond donors (Lipinski definition) is 1. The molecule has 5 rings (SSSR count). The van der Waals surface area contributed by atoms with Crippen LogP contribution in [-0.4, -0.2) is 85.1 Å². The Kier molecular flexibility index (Phi) is 6.27. The first kappa shape index (κ1) is 22.6. The number of carbonyl (C=O) groups is 2. The smallest absolute Gasteiger partial charge is 0.233 e. The van der Waals surface area contributed by atoms with E-state index >= 15 is 0 Å². The summed E-state index contributed by atoms with van der Waals surface area (Å²) in [6.07, 6.45) is 8.55. The molecule has 7 heteroatoms. The van der Waals surface area contributed by atoms with Crippen molar-refractivity contribution in [1.82, 2.24) is 20.2 Å². The first-order valence-electron chi connectivity index (χ1n) is 13.0. The fourth-order valence-electron chi connectivity index (χ4n) is 7.32. The van der Waals surface area contributed by atoms with Crippen molar-refractivity contribution in [3.8, 4) is 0 Å². The van der Waals surface area contributed by atoms with Crippen molar-refractivity contribution in [3.05, 3.63) is 0 Å². The molecule has 0 aromatic heterocycles. The van der Waals surface area contributed by atoms with Gasteiger partial charge in [0, 0.05) is 51.2 Å². The van der Waals surface area contributed by atoms with Crippen LogP contribution >= 0.6 is 0 Å². The molecule has 0 radical (unpaired) electrons. The fourth-order valence-corrected chi connectivity index (χ4v) is 7.32. The minimum absolute atomic E-state index is 0.195. The van der Waals surface area contributed by atoms with Crippen molar-refractivity contribution in [2.45, 2.75) is 70.9 Å². The predicted octanol–water partition coefficient (Wildman–Crippen LogP) is 2.12. The summed E-state index contributed by atoms with van der Waals surface area (Å²) in [4.78, 5) is 29.9. The first-order chi connectivity index (χ1) is 15.4. The van der Waals surface area contributed by atoms with E-state index in [2.05, 4.69) is 24.4 Å².